The van der Waals surface area contributed by atoms with Crippen LogP contribution in [0.15, 0.2) is 41.7 Å². The molecule has 0 unspecified atom stereocenters. The topological polar surface area (TPSA) is 91.2 Å². The van der Waals surface area contributed by atoms with Gasteiger partial charge in [0.05, 0.1) is 24.1 Å². The smallest absolute Gasteiger partial charge is 0.257 e. The van der Waals surface area contributed by atoms with Crippen molar-refractivity contribution < 1.29 is 9.21 Å². The molecule has 0 fully saturated rings. The number of hydrogen-bond donors (Lipinski definition) is 1. The molecule has 0 aromatic carbocycles. The van der Waals surface area contributed by atoms with Gasteiger partial charge in [0.25, 0.3) is 5.91 Å². The number of aromatic amines is 1. The number of carbonyl (C=O) groups is 1. The Bertz CT molecular complexity index is 875. The van der Waals surface area contributed by atoms with E-state index in [4.69, 9.17) is 4.42 Å². The van der Waals surface area contributed by atoms with Gasteiger partial charge in [-0.05, 0) is 12.5 Å². The predicted molar refractivity (Wildman–Crippen MR) is 94.7 cm³/mol. The minimum absolute atomic E-state index is 0.00925. The molecule has 0 bridgehead atoms. The summed E-state index contributed by atoms with van der Waals surface area (Å²) in [7, 11) is 1.99. The molecule has 26 heavy (non-hydrogen) atoms. The maximum atomic E-state index is 12.6. The molecular formula is C18H20N6O2. The van der Waals surface area contributed by atoms with Crippen LogP contribution in [0.5, 0.6) is 0 Å². The number of aromatic nitrogens is 4. The number of furan rings is 1. The SMILES string of the molecule is CN(Cc1ncc[nH]1)c1ncnc2c1CCN(C(=O)c1ccoc1)CC2. The van der Waals surface area contributed by atoms with Crippen molar-refractivity contribution in [3.8, 4) is 0 Å². The average molecular weight is 352 g/mol. The molecule has 1 aliphatic rings. The second kappa shape index (κ2) is 6.99. The molecule has 1 amide bonds. The molecular weight excluding hydrogens is 332 g/mol. The highest BCUT2D eigenvalue weighted by molar-refractivity contribution is 5.93. The van der Waals surface area contributed by atoms with Crippen molar-refractivity contribution in [1.82, 2.24) is 24.8 Å². The van der Waals surface area contributed by atoms with Gasteiger partial charge in [-0.2, -0.15) is 0 Å². The van der Waals surface area contributed by atoms with Gasteiger partial charge in [-0.3, -0.25) is 4.79 Å². The van der Waals surface area contributed by atoms with Crippen molar-refractivity contribution in [2.24, 2.45) is 0 Å². The highest BCUT2D eigenvalue weighted by Gasteiger charge is 2.24. The summed E-state index contributed by atoms with van der Waals surface area (Å²) in [5, 5.41) is 0. The number of rotatable bonds is 4. The van der Waals surface area contributed by atoms with Gasteiger partial charge in [0.15, 0.2) is 0 Å². The number of anilines is 1. The fourth-order valence-electron chi connectivity index (χ4n) is 3.29. The van der Waals surface area contributed by atoms with Crippen LogP contribution in [0.25, 0.3) is 0 Å². The third kappa shape index (κ3) is 3.17. The molecule has 3 aromatic rings. The van der Waals surface area contributed by atoms with Crippen molar-refractivity contribution in [1.29, 1.82) is 0 Å². The summed E-state index contributed by atoms with van der Waals surface area (Å²) < 4.78 is 5.03. The fraction of sp³-hybridized carbons (Fsp3) is 0.333. The fourth-order valence-corrected chi connectivity index (χ4v) is 3.29. The zero-order valence-electron chi connectivity index (χ0n) is 14.6. The Labute approximate surface area is 150 Å². The summed E-state index contributed by atoms with van der Waals surface area (Å²) in [5.41, 5.74) is 2.69. The molecule has 4 heterocycles. The standard InChI is InChI=1S/C18H20N6O2/c1-23(10-16-19-5-6-20-16)17-14-2-7-24(8-3-15(14)21-12-22-17)18(25)13-4-9-26-11-13/h4-6,9,11-12H,2-3,7-8,10H2,1H3,(H,19,20). The van der Waals surface area contributed by atoms with Crippen LogP contribution in [0.1, 0.15) is 27.4 Å². The number of amides is 1. The zero-order chi connectivity index (χ0) is 17.9. The normalized spacial score (nSPS) is 14.0. The molecule has 0 spiro atoms. The van der Waals surface area contributed by atoms with E-state index >= 15 is 0 Å². The van der Waals surface area contributed by atoms with Crippen molar-refractivity contribution in [2.75, 3.05) is 25.0 Å². The maximum Gasteiger partial charge on any atom is 0.257 e. The summed E-state index contributed by atoms with van der Waals surface area (Å²) in [5.74, 6) is 1.76. The van der Waals surface area contributed by atoms with Crippen molar-refractivity contribution in [3.05, 3.63) is 60.0 Å². The van der Waals surface area contributed by atoms with E-state index < -0.39 is 0 Å². The van der Waals surface area contributed by atoms with Crippen LogP contribution >= 0.6 is 0 Å². The Morgan fingerprint density at radius 3 is 2.96 bits per heavy atom. The van der Waals surface area contributed by atoms with Crippen molar-refractivity contribution >= 4 is 11.7 Å². The second-order valence-corrected chi connectivity index (χ2v) is 6.32. The first-order valence-electron chi connectivity index (χ1n) is 8.56. The molecule has 0 saturated heterocycles. The highest BCUT2D eigenvalue weighted by atomic mass is 16.3. The molecule has 1 aliphatic heterocycles. The maximum absolute atomic E-state index is 12.6. The van der Waals surface area contributed by atoms with Gasteiger partial charge in [0, 0.05) is 44.5 Å². The van der Waals surface area contributed by atoms with Crippen LogP contribution in [0, 0.1) is 0 Å². The molecule has 1 N–H and O–H groups in total. The third-order valence-corrected chi connectivity index (χ3v) is 4.62. The van der Waals surface area contributed by atoms with Gasteiger partial charge in [-0.1, -0.05) is 0 Å². The van der Waals surface area contributed by atoms with E-state index in [0.29, 0.717) is 31.6 Å². The summed E-state index contributed by atoms with van der Waals surface area (Å²) in [4.78, 5) is 32.8. The number of nitrogens with zero attached hydrogens (tertiary/aromatic N) is 5. The Hall–Kier alpha value is -3.16. The van der Waals surface area contributed by atoms with E-state index in [2.05, 4.69) is 24.8 Å². The van der Waals surface area contributed by atoms with E-state index in [1.54, 1.807) is 18.6 Å². The lowest BCUT2D eigenvalue weighted by atomic mass is 10.1. The Kier molecular flexibility index (Phi) is 4.39. The van der Waals surface area contributed by atoms with E-state index in [1.807, 2.05) is 18.1 Å². The third-order valence-electron chi connectivity index (χ3n) is 4.62. The van der Waals surface area contributed by atoms with Gasteiger partial charge in [0.1, 0.15) is 24.2 Å². The predicted octanol–water partition coefficient (Wildman–Crippen LogP) is 1.67. The van der Waals surface area contributed by atoms with Gasteiger partial charge < -0.3 is 19.2 Å². The van der Waals surface area contributed by atoms with Crippen molar-refractivity contribution in [3.63, 3.8) is 0 Å². The molecule has 134 valence electrons. The lowest BCUT2D eigenvalue weighted by Crippen LogP contribution is -2.33. The van der Waals surface area contributed by atoms with Crippen LogP contribution in [0.2, 0.25) is 0 Å². The molecule has 8 nitrogen and oxygen atoms in total. The first-order chi connectivity index (χ1) is 12.7. The molecule has 0 radical (unpaired) electrons. The van der Waals surface area contributed by atoms with Gasteiger partial charge in [-0.15, -0.1) is 0 Å². The Morgan fingerprint density at radius 1 is 1.31 bits per heavy atom. The summed E-state index contributed by atoms with van der Waals surface area (Å²) in [6.07, 6.45) is 9.59. The minimum atomic E-state index is -0.00925. The Balaban J connectivity index is 1.54. The van der Waals surface area contributed by atoms with Crippen LogP contribution in [0.4, 0.5) is 5.82 Å². The van der Waals surface area contributed by atoms with E-state index in [1.165, 1.54) is 12.5 Å². The first kappa shape index (κ1) is 16.3. The highest BCUT2D eigenvalue weighted by Crippen LogP contribution is 2.24. The van der Waals surface area contributed by atoms with Gasteiger partial charge in [-0.25, -0.2) is 15.0 Å². The molecule has 8 heteroatoms. The van der Waals surface area contributed by atoms with E-state index in [-0.39, 0.29) is 5.91 Å². The monoisotopic (exact) mass is 352 g/mol. The number of nitrogens with one attached hydrogen (secondary N) is 1. The Morgan fingerprint density at radius 2 is 2.19 bits per heavy atom. The lowest BCUT2D eigenvalue weighted by Gasteiger charge is -2.21. The molecule has 3 aromatic heterocycles. The number of imidazole rings is 1. The zero-order valence-corrected chi connectivity index (χ0v) is 14.6. The van der Waals surface area contributed by atoms with Crippen LogP contribution in [-0.4, -0.2) is 50.9 Å². The van der Waals surface area contributed by atoms with Crippen molar-refractivity contribution in [2.45, 2.75) is 19.4 Å². The second-order valence-electron chi connectivity index (χ2n) is 6.32. The molecule has 0 atom stereocenters. The first-order valence-corrected chi connectivity index (χ1v) is 8.56. The largest absolute Gasteiger partial charge is 0.472 e. The average Bonchev–Trinajstić information content (AvgIpc) is 3.32. The number of fused-ring (bicyclic) bond motifs is 1. The number of hydrogen-bond acceptors (Lipinski definition) is 6. The van der Waals surface area contributed by atoms with E-state index in [9.17, 15) is 4.79 Å². The molecule has 0 saturated carbocycles. The number of H-pyrrole nitrogens is 1. The molecule has 0 aliphatic carbocycles. The summed E-state index contributed by atoms with van der Waals surface area (Å²) in [6, 6.07) is 1.70. The molecule has 4 rings (SSSR count). The van der Waals surface area contributed by atoms with Crippen LogP contribution < -0.4 is 4.90 Å². The summed E-state index contributed by atoms with van der Waals surface area (Å²) >= 11 is 0. The van der Waals surface area contributed by atoms with Crippen LogP contribution in [-0.2, 0) is 19.4 Å². The summed E-state index contributed by atoms with van der Waals surface area (Å²) in [6.45, 7) is 1.90. The quantitative estimate of drug-likeness (QED) is 0.768. The lowest BCUT2D eigenvalue weighted by molar-refractivity contribution is 0.0762. The number of carbonyl (C=O) groups excluding carboxylic acids is 1. The van der Waals surface area contributed by atoms with Crippen LogP contribution in [0.3, 0.4) is 0 Å². The van der Waals surface area contributed by atoms with Gasteiger partial charge in [0.2, 0.25) is 0 Å². The van der Waals surface area contributed by atoms with Gasteiger partial charge >= 0.3 is 0 Å². The van der Waals surface area contributed by atoms with E-state index in [0.717, 1.165) is 29.3 Å². The minimum Gasteiger partial charge on any atom is -0.472 e.